The van der Waals surface area contributed by atoms with E-state index in [4.69, 9.17) is 4.74 Å². The van der Waals surface area contributed by atoms with E-state index >= 15 is 0 Å². The second-order valence-corrected chi connectivity index (χ2v) is 7.33. The average Bonchev–Trinajstić information content (AvgIpc) is 3.23. The van der Waals surface area contributed by atoms with E-state index in [9.17, 15) is 4.79 Å². The molecule has 0 bridgehead atoms. The SMILES string of the molecule is CCCCc1ccc(-c2ccc(-n3cncc3C(=O)NC(C)COC)cc2)cc1. The van der Waals surface area contributed by atoms with Gasteiger partial charge in [0.25, 0.3) is 5.91 Å². The third kappa shape index (κ3) is 5.33. The fraction of sp³-hybridized carbons (Fsp3) is 0.333. The number of hydrogen-bond acceptors (Lipinski definition) is 3. The molecule has 1 aromatic heterocycles. The van der Waals surface area contributed by atoms with E-state index in [1.165, 1.54) is 24.0 Å². The van der Waals surface area contributed by atoms with Crippen LogP contribution in [0, 0.1) is 0 Å². The van der Waals surface area contributed by atoms with Gasteiger partial charge in [-0.1, -0.05) is 49.7 Å². The highest BCUT2D eigenvalue weighted by Gasteiger charge is 2.15. The van der Waals surface area contributed by atoms with Crippen LogP contribution in [0.2, 0.25) is 0 Å². The topological polar surface area (TPSA) is 56.2 Å². The second kappa shape index (κ2) is 10.0. The lowest BCUT2D eigenvalue weighted by atomic mass is 10.0. The van der Waals surface area contributed by atoms with Crippen LogP contribution in [0.4, 0.5) is 0 Å². The van der Waals surface area contributed by atoms with Gasteiger partial charge in [-0.3, -0.25) is 9.36 Å². The summed E-state index contributed by atoms with van der Waals surface area (Å²) in [5, 5.41) is 2.93. The molecule has 0 aliphatic rings. The van der Waals surface area contributed by atoms with E-state index in [2.05, 4.69) is 53.6 Å². The van der Waals surface area contributed by atoms with Crippen LogP contribution in [0.3, 0.4) is 0 Å². The average molecular weight is 392 g/mol. The molecule has 29 heavy (non-hydrogen) atoms. The summed E-state index contributed by atoms with van der Waals surface area (Å²) in [7, 11) is 1.62. The Morgan fingerprint density at radius 3 is 2.38 bits per heavy atom. The molecule has 0 fully saturated rings. The molecule has 1 heterocycles. The smallest absolute Gasteiger partial charge is 0.270 e. The number of rotatable bonds is 9. The van der Waals surface area contributed by atoms with Crippen LogP contribution in [0.15, 0.2) is 61.1 Å². The molecule has 2 aromatic carbocycles. The quantitative estimate of drug-likeness (QED) is 0.578. The third-order valence-corrected chi connectivity index (χ3v) is 4.92. The summed E-state index contributed by atoms with van der Waals surface area (Å²) >= 11 is 0. The molecule has 1 unspecified atom stereocenters. The molecule has 1 atom stereocenters. The van der Waals surface area contributed by atoms with Crippen molar-refractivity contribution in [2.75, 3.05) is 13.7 Å². The summed E-state index contributed by atoms with van der Waals surface area (Å²) in [6, 6.07) is 16.9. The zero-order valence-corrected chi connectivity index (χ0v) is 17.4. The number of methoxy groups -OCH3 is 1. The zero-order chi connectivity index (χ0) is 20.6. The number of imidazole rings is 1. The Hall–Kier alpha value is -2.92. The molecule has 0 saturated carbocycles. The molecule has 5 heteroatoms. The largest absolute Gasteiger partial charge is 0.383 e. The predicted octanol–water partition coefficient (Wildman–Crippen LogP) is 4.65. The fourth-order valence-corrected chi connectivity index (χ4v) is 3.32. The monoisotopic (exact) mass is 391 g/mol. The van der Waals surface area contributed by atoms with Crippen LogP contribution < -0.4 is 5.32 Å². The Balaban J connectivity index is 1.74. The number of carbonyl (C=O) groups is 1. The molecular formula is C24H29N3O2. The normalized spacial score (nSPS) is 12.0. The van der Waals surface area contributed by atoms with E-state index < -0.39 is 0 Å². The maximum absolute atomic E-state index is 12.6. The number of nitrogens with zero attached hydrogens (tertiary/aromatic N) is 2. The minimum atomic E-state index is -0.168. The minimum absolute atomic E-state index is 0.0708. The van der Waals surface area contributed by atoms with Crippen LogP contribution in [-0.2, 0) is 11.2 Å². The molecule has 0 spiro atoms. The third-order valence-electron chi connectivity index (χ3n) is 4.92. The number of ether oxygens (including phenoxy) is 1. The Kier molecular flexibility index (Phi) is 7.19. The van der Waals surface area contributed by atoms with Gasteiger partial charge in [-0.15, -0.1) is 0 Å². The number of unbranched alkanes of at least 4 members (excludes halogenated alkanes) is 1. The van der Waals surface area contributed by atoms with Crippen molar-refractivity contribution >= 4 is 5.91 Å². The minimum Gasteiger partial charge on any atom is -0.383 e. The molecular weight excluding hydrogens is 362 g/mol. The van der Waals surface area contributed by atoms with Crippen LogP contribution in [0.5, 0.6) is 0 Å². The maximum Gasteiger partial charge on any atom is 0.270 e. The number of nitrogens with one attached hydrogen (secondary N) is 1. The van der Waals surface area contributed by atoms with Crippen molar-refractivity contribution in [2.24, 2.45) is 0 Å². The molecule has 3 aromatic rings. The van der Waals surface area contributed by atoms with Crippen LogP contribution in [0.25, 0.3) is 16.8 Å². The zero-order valence-electron chi connectivity index (χ0n) is 17.4. The van der Waals surface area contributed by atoms with Crippen molar-refractivity contribution in [3.8, 4) is 16.8 Å². The summed E-state index contributed by atoms with van der Waals surface area (Å²) in [6.45, 7) is 4.58. The summed E-state index contributed by atoms with van der Waals surface area (Å²) in [5.41, 5.74) is 5.12. The van der Waals surface area contributed by atoms with Crippen molar-refractivity contribution in [3.05, 3.63) is 72.3 Å². The Bertz CT molecular complexity index is 914. The molecule has 1 amide bonds. The Morgan fingerprint density at radius 2 is 1.76 bits per heavy atom. The van der Waals surface area contributed by atoms with Crippen LogP contribution in [-0.4, -0.2) is 35.2 Å². The molecule has 1 N–H and O–H groups in total. The Labute approximate surface area is 172 Å². The number of hydrogen-bond donors (Lipinski definition) is 1. The number of carbonyl (C=O) groups excluding carboxylic acids is 1. The van der Waals surface area contributed by atoms with Gasteiger partial charge in [-0.05, 0) is 48.6 Å². The van der Waals surface area contributed by atoms with Gasteiger partial charge in [0.15, 0.2) is 0 Å². The predicted molar refractivity (Wildman–Crippen MR) is 116 cm³/mol. The van der Waals surface area contributed by atoms with E-state index in [0.29, 0.717) is 12.3 Å². The number of amides is 1. The Morgan fingerprint density at radius 1 is 1.10 bits per heavy atom. The molecule has 5 nitrogen and oxygen atoms in total. The van der Waals surface area contributed by atoms with E-state index in [1.807, 2.05) is 19.1 Å². The van der Waals surface area contributed by atoms with Crippen molar-refractivity contribution in [3.63, 3.8) is 0 Å². The summed E-state index contributed by atoms with van der Waals surface area (Å²) < 4.78 is 6.88. The first-order valence-corrected chi connectivity index (χ1v) is 10.1. The van der Waals surface area contributed by atoms with Gasteiger partial charge >= 0.3 is 0 Å². The van der Waals surface area contributed by atoms with Crippen LogP contribution >= 0.6 is 0 Å². The van der Waals surface area contributed by atoms with Crippen LogP contribution in [0.1, 0.15) is 42.7 Å². The first-order valence-electron chi connectivity index (χ1n) is 10.1. The fourth-order valence-electron chi connectivity index (χ4n) is 3.32. The molecule has 152 valence electrons. The standard InChI is InChI=1S/C24H29N3O2/c1-4-5-6-19-7-9-20(10-8-19)21-11-13-22(14-12-21)27-17-25-15-23(27)24(28)26-18(2)16-29-3/h7-15,17-18H,4-6,16H2,1-3H3,(H,26,28). The van der Waals surface area contributed by atoms with Crippen molar-refractivity contribution in [1.82, 2.24) is 14.9 Å². The molecule has 3 rings (SSSR count). The highest BCUT2D eigenvalue weighted by Crippen LogP contribution is 2.22. The van der Waals surface area contributed by atoms with Gasteiger partial charge in [0, 0.05) is 18.8 Å². The maximum atomic E-state index is 12.6. The lowest BCUT2D eigenvalue weighted by molar-refractivity contribution is 0.0898. The number of aryl methyl sites for hydroxylation is 1. The second-order valence-electron chi connectivity index (χ2n) is 7.33. The highest BCUT2D eigenvalue weighted by molar-refractivity contribution is 5.93. The molecule has 0 aliphatic heterocycles. The van der Waals surface area contributed by atoms with Gasteiger partial charge in [0.05, 0.1) is 19.1 Å². The summed E-state index contributed by atoms with van der Waals surface area (Å²) in [4.78, 5) is 16.7. The first kappa shape index (κ1) is 20.8. The lowest BCUT2D eigenvalue weighted by Crippen LogP contribution is -2.36. The molecule has 0 aliphatic carbocycles. The summed E-state index contributed by atoms with van der Waals surface area (Å²) in [6.07, 6.45) is 6.80. The van der Waals surface area contributed by atoms with Crippen molar-refractivity contribution in [1.29, 1.82) is 0 Å². The van der Waals surface area contributed by atoms with E-state index in [1.54, 1.807) is 24.2 Å². The van der Waals surface area contributed by atoms with Gasteiger partial charge in [-0.2, -0.15) is 0 Å². The first-order chi connectivity index (χ1) is 14.1. The van der Waals surface area contributed by atoms with Gasteiger partial charge in [-0.25, -0.2) is 4.98 Å². The van der Waals surface area contributed by atoms with Gasteiger partial charge in [0.1, 0.15) is 5.69 Å². The van der Waals surface area contributed by atoms with E-state index in [-0.39, 0.29) is 11.9 Å². The van der Waals surface area contributed by atoms with E-state index in [0.717, 1.165) is 17.7 Å². The molecule has 0 saturated heterocycles. The molecule has 0 radical (unpaired) electrons. The number of aromatic nitrogens is 2. The van der Waals surface area contributed by atoms with Crippen molar-refractivity contribution < 1.29 is 9.53 Å². The van der Waals surface area contributed by atoms with Gasteiger partial charge < -0.3 is 10.1 Å². The highest BCUT2D eigenvalue weighted by atomic mass is 16.5. The summed E-state index contributed by atoms with van der Waals surface area (Å²) in [5.74, 6) is -0.168. The van der Waals surface area contributed by atoms with Gasteiger partial charge in [0.2, 0.25) is 0 Å². The lowest BCUT2D eigenvalue weighted by Gasteiger charge is -2.14. The number of benzene rings is 2. The van der Waals surface area contributed by atoms with Crippen molar-refractivity contribution in [2.45, 2.75) is 39.2 Å².